The molecule has 5 rings (SSSR count). The number of rotatable bonds is 4. The van der Waals surface area contributed by atoms with Crippen LogP contribution in [0.1, 0.15) is 19.3 Å². The van der Waals surface area contributed by atoms with Crippen molar-refractivity contribution in [2.75, 3.05) is 36.8 Å². The number of anilines is 2. The lowest BCUT2D eigenvalue weighted by Gasteiger charge is -2.39. The molecule has 3 aromatic rings. The van der Waals surface area contributed by atoms with Crippen LogP contribution in [0.2, 0.25) is 0 Å². The third-order valence-corrected chi connectivity index (χ3v) is 6.68. The summed E-state index contributed by atoms with van der Waals surface area (Å²) < 4.78 is 39.3. The quantitative estimate of drug-likeness (QED) is 0.581. The van der Waals surface area contributed by atoms with E-state index < -0.39 is 12.7 Å². The summed E-state index contributed by atoms with van der Waals surface area (Å²) in [5, 5.41) is 7.36. The van der Waals surface area contributed by atoms with Crippen molar-refractivity contribution < 1.29 is 13.2 Å². The van der Waals surface area contributed by atoms with Crippen LogP contribution in [0.15, 0.2) is 42.9 Å². The summed E-state index contributed by atoms with van der Waals surface area (Å²) in [6, 6.07) is 7.29. The molecule has 1 aromatic carbocycles. The average Bonchev–Trinajstić information content (AvgIpc) is 3.43. The van der Waals surface area contributed by atoms with E-state index in [1.54, 1.807) is 18.3 Å². The van der Waals surface area contributed by atoms with Gasteiger partial charge in [0.15, 0.2) is 0 Å². The molecule has 2 saturated heterocycles. The molecule has 4 heterocycles. The summed E-state index contributed by atoms with van der Waals surface area (Å²) >= 11 is 0. The van der Waals surface area contributed by atoms with E-state index in [0.717, 1.165) is 49.3 Å². The van der Waals surface area contributed by atoms with Crippen LogP contribution in [0, 0.1) is 5.41 Å². The maximum absolute atomic E-state index is 12.8. The lowest BCUT2D eigenvalue weighted by atomic mass is 9.78. The van der Waals surface area contributed by atoms with Crippen LogP contribution in [0.5, 0.6) is 0 Å². The summed E-state index contributed by atoms with van der Waals surface area (Å²) in [5.41, 5.74) is 9.49. The van der Waals surface area contributed by atoms with Gasteiger partial charge in [-0.15, -0.1) is 0 Å². The van der Waals surface area contributed by atoms with Crippen molar-refractivity contribution in [3.63, 3.8) is 0 Å². The highest BCUT2D eigenvalue weighted by molar-refractivity contribution is 5.80. The first-order valence-corrected chi connectivity index (χ1v) is 11.1. The molecule has 2 aliphatic heterocycles. The molecular formula is C23H26F3N7. The van der Waals surface area contributed by atoms with Gasteiger partial charge in [0.2, 0.25) is 5.95 Å². The number of nitrogens with zero attached hydrogens (tertiary/aromatic N) is 5. The average molecular weight is 458 g/mol. The van der Waals surface area contributed by atoms with Crippen molar-refractivity contribution in [1.82, 2.24) is 25.1 Å². The molecule has 0 unspecified atom stereocenters. The molecule has 0 amide bonds. The normalized spacial score (nSPS) is 18.2. The molecule has 2 aromatic heterocycles. The van der Waals surface area contributed by atoms with Gasteiger partial charge in [-0.3, -0.25) is 4.68 Å². The minimum Gasteiger partial charge on any atom is -0.399 e. The molecule has 174 valence electrons. The van der Waals surface area contributed by atoms with Crippen molar-refractivity contribution >= 4 is 11.6 Å². The van der Waals surface area contributed by atoms with Crippen LogP contribution in [-0.2, 0) is 6.54 Å². The summed E-state index contributed by atoms with van der Waals surface area (Å²) in [6.07, 6.45) is 3.53. The van der Waals surface area contributed by atoms with Gasteiger partial charge in [0.05, 0.1) is 11.9 Å². The molecule has 10 heteroatoms. The van der Waals surface area contributed by atoms with E-state index in [4.69, 9.17) is 10.7 Å². The van der Waals surface area contributed by atoms with Crippen molar-refractivity contribution in [2.24, 2.45) is 5.41 Å². The molecule has 0 aliphatic carbocycles. The maximum Gasteiger partial charge on any atom is 0.408 e. The molecule has 1 spiro atoms. The predicted octanol–water partition coefficient (Wildman–Crippen LogP) is 3.73. The van der Waals surface area contributed by atoms with Crippen LogP contribution < -0.4 is 16.0 Å². The number of aromatic nitrogens is 4. The van der Waals surface area contributed by atoms with E-state index in [1.165, 1.54) is 18.8 Å². The van der Waals surface area contributed by atoms with Crippen LogP contribution in [-0.4, -0.2) is 52.1 Å². The second kappa shape index (κ2) is 8.33. The van der Waals surface area contributed by atoms with Crippen LogP contribution in [0.4, 0.5) is 24.8 Å². The first-order chi connectivity index (χ1) is 15.8. The zero-order valence-corrected chi connectivity index (χ0v) is 18.1. The fourth-order valence-electron chi connectivity index (χ4n) is 4.77. The highest BCUT2D eigenvalue weighted by Crippen LogP contribution is 2.38. The lowest BCUT2D eigenvalue weighted by molar-refractivity contribution is -0.142. The van der Waals surface area contributed by atoms with Gasteiger partial charge in [-0.25, -0.2) is 9.97 Å². The van der Waals surface area contributed by atoms with Crippen LogP contribution >= 0.6 is 0 Å². The SMILES string of the molecule is Nc1ccc(-c2nc(N3CCC4(CCNC4)CC3)ncc2-c2cnn(CC(F)(F)F)c2)cc1. The first-order valence-electron chi connectivity index (χ1n) is 11.1. The van der Waals surface area contributed by atoms with Gasteiger partial charge < -0.3 is 16.0 Å². The first kappa shape index (κ1) is 21.7. The van der Waals surface area contributed by atoms with Gasteiger partial charge in [0, 0.05) is 54.4 Å². The van der Waals surface area contributed by atoms with E-state index in [0.29, 0.717) is 33.9 Å². The van der Waals surface area contributed by atoms with Crippen LogP contribution in [0.3, 0.4) is 0 Å². The Kier molecular flexibility index (Phi) is 5.48. The van der Waals surface area contributed by atoms with Crippen molar-refractivity contribution in [1.29, 1.82) is 0 Å². The Balaban J connectivity index is 1.47. The minimum atomic E-state index is -4.34. The number of benzene rings is 1. The highest BCUT2D eigenvalue weighted by atomic mass is 19.4. The summed E-state index contributed by atoms with van der Waals surface area (Å²) in [4.78, 5) is 11.7. The maximum atomic E-state index is 12.8. The third-order valence-electron chi connectivity index (χ3n) is 6.68. The summed E-state index contributed by atoms with van der Waals surface area (Å²) in [7, 11) is 0. The Labute approximate surface area is 189 Å². The Hall–Kier alpha value is -3.14. The fourth-order valence-corrected chi connectivity index (χ4v) is 4.77. The second-order valence-corrected chi connectivity index (χ2v) is 9.01. The Morgan fingerprint density at radius 3 is 2.45 bits per heavy atom. The number of halogens is 3. The molecular weight excluding hydrogens is 431 g/mol. The molecule has 0 bridgehead atoms. The standard InChI is InChI=1S/C23H26F3N7/c24-23(25,26)15-33-13-17(11-30-33)19-12-29-21(31-20(19)16-1-3-18(27)4-2-16)32-9-6-22(7-10-32)5-8-28-14-22/h1-4,11-13,28H,5-10,14-15,27H2. The monoisotopic (exact) mass is 457 g/mol. The smallest absolute Gasteiger partial charge is 0.399 e. The predicted molar refractivity (Wildman–Crippen MR) is 121 cm³/mol. The van der Waals surface area contributed by atoms with Crippen LogP contribution in [0.25, 0.3) is 22.4 Å². The number of nitrogens with one attached hydrogen (secondary N) is 1. The molecule has 2 aliphatic rings. The topological polar surface area (TPSA) is 84.9 Å². The number of nitrogens with two attached hydrogens (primary N) is 1. The fraction of sp³-hybridized carbons (Fsp3) is 0.435. The van der Waals surface area contributed by atoms with Gasteiger partial charge >= 0.3 is 6.18 Å². The molecule has 2 fully saturated rings. The van der Waals surface area contributed by atoms with Gasteiger partial charge in [0.25, 0.3) is 0 Å². The van der Waals surface area contributed by atoms with Gasteiger partial charge in [-0.05, 0) is 43.4 Å². The summed E-state index contributed by atoms with van der Waals surface area (Å²) in [6.45, 7) is 2.76. The van der Waals surface area contributed by atoms with Gasteiger partial charge in [-0.1, -0.05) is 12.1 Å². The Bertz CT molecular complexity index is 1110. The molecule has 0 saturated carbocycles. The van der Waals surface area contributed by atoms with Crippen molar-refractivity contribution in [3.8, 4) is 22.4 Å². The zero-order valence-electron chi connectivity index (χ0n) is 18.1. The largest absolute Gasteiger partial charge is 0.408 e. The van der Waals surface area contributed by atoms with Crippen molar-refractivity contribution in [3.05, 3.63) is 42.9 Å². The lowest BCUT2D eigenvalue weighted by Crippen LogP contribution is -2.42. The number of hydrogen-bond donors (Lipinski definition) is 2. The molecule has 0 radical (unpaired) electrons. The van der Waals surface area contributed by atoms with E-state index in [9.17, 15) is 13.2 Å². The number of hydrogen-bond acceptors (Lipinski definition) is 6. The van der Waals surface area contributed by atoms with E-state index in [2.05, 4.69) is 20.3 Å². The van der Waals surface area contributed by atoms with E-state index in [1.807, 2.05) is 12.1 Å². The highest BCUT2D eigenvalue weighted by Gasteiger charge is 2.37. The summed E-state index contributed by atoms with van der Waals surface area (Å²) in [5.74, 6) is 0.633. The zero-order chi connectivity index (χ0) is 23.1. The second-order valence-electron chi connectivity index (χ2n) is 9.01. The molecule has 7 nitrogen and oxygen atoms in total. The Morgan fingerprint density at radius 2 is 1.79 bits per heavy atom. The number of piperidine rings is 1. The van der Waals surface area contributed by atoms with E-state index in [-0.39, 0.29) is 0 Å². The molecule has 0 atom stereocenters. The number of nitrogen functional groups attached to an aromatic ring is 1. The number of alkyl halides is 3. The Morgan fingerprint density at radius 1 is 1.03 bits per heavy atom. The molecule has 3 N–H and O–H groups in total. The van der Waals surface area contributed by atoms with Gasteiger partial charge in [-0.2, -0.15) is 18.3 Å². The minimum absolute atomic E-state index is 0.378. The third kappa shape index (κ3) is 4.66. The van der Waals surface area contributed by atoms with E-state index >= 15 is 0 Å². The molecule has 33 heavy (non-hydrogen) atoms. The van der Waals surface area contributed by atoms with Crippen molar-refractivity contribution in [2.45, 2.75) is 32.0 Å². The van der Waals surface area contributed by atoms with Gasteiger partial charge in [0.1, 0.15) is 6.54 Å².